The SMILES string of the molecule is COc1ccccc1Oc1c(N)nc(-c2ccnc(C=NNN)c2)nc1Cl. The number of nitrogen functional groups attached to an aromatic ring is 1. The van der Waals surface area contributed by atoms with Crippen LogP contribution in [-0.4, -0.2) is 28.3 Å². The second kappa shape index (κ2) is 8.30. The minimum Gasteiger partial charge on any atom is -0.493 e. The number of rotatable bonds is 6. The molecule has 10 heteroatoms. The number of hydrazone groups is 1. The number of hydrogen-bond acceptors (Lipinski definition) is 9. The van der Waals surface area contributed by atoms with Crippen LogP contribution in [0, 0.1) is 0 Å². The van der Waals surface area contributed by atoms with Crippen molar-refractivity contribution in [2.45, 2.75) is 0 Å². The van der Waals surface area contributed by atoms with Gasteiger partial charge in [-0.25, -0.2) is 21.3 Å². The van der Waals surface area contributed by atoms with Gasteiger partial charge in [-0.2, -0.15) is 5.10 Å². The van der Waals surface area contributed by atoms with E-state index in [4.69, 9.17) is 32.7 Å². The predicted octanol–water partition coefficient (Wildman–Crippen LogP) is 2.37. The zero-order valence-corrected chi connectivity index (χ0v) is 15.0. The third-order valence-electron chi connectivity index (χ3n) is 3.44. The minimum absolute atomic E-state index is 0.0686. The Bertz CT molecular complexity index is 958. The summed E-state index contributed by atoms with van der Waals surface area (Å²) >= 11 is 6.29. The molecule has 0 saturated heterocycles. The lowest BCUT2D eigenvalue weighted by Crippen LogP contribution is -2.14. The number of ether oxygens (including phenoxy) is 2. The van der Waals surface area contributed by atoms with Crippen LogP contribution in [0.4, 0.5) is 5.82 Å². The average Bonchev–Trinajstić information content (AvgIpc) is 2.69. The van der Waals surface area contributed by atoms with Crippen molar-refractivity contribution in [3.8, 4) is 28.6 Å². The normalized spacial score (nSPS) is 10.8. The zero-order valence-electron chi connectivity index (χ0n) is 14.3. The summed E-state index contributed by atoms with van der Waals surface area (Å²) in [5.41, 5.74) is 9.42. The summed E-state index contributed by atoms with van der Waals surface area (Å²) in [6, 6.07) is 10.5. The summed E-state index contributed by atoms with van der Waals surface area (Å²) in [5.74, 6) is 6.64. The van der Waals surface area contributed by atoms with Gasteiger partial charge in [-0.3, -0.25) is 4.98 Å². The lowest BCUT2D eigenvalue weighted by Gasteiger charge is -2.13. The second-order valence-electron chi connectivity index (χ2n) is 5.16. The van der Waals surface area contributed by atoms with Crippen molar-refractivity contribution in [3.05, 3.63) is 53.4 Å². The molecule has 0 saturated carbocycles. The Kier molecular flexibility index (Phi) is 5.64. The molecule has 5 N–H and O–H groups in total. The quantitative estimate of drug-likeness (QED) is 0.255. The topological polar surface area (TPSA) is 134 Å². The van der Waals surface area contributed by atoms with Crippen LogP contribution in [0.25, 0.3) is 11.4 Å². The fraction of sp³-hybridized carbons (Fsp3) is 0.0588. The number of hydrazine groups is 1. The van der Waals surface area contributed by atoms with Crippen molar-refractivity contribution in [2.24, 2.45) is 10.9 Å². The summed E-state index contributed by atoms with van der Waals surface area (Å²) < 4.78 is 11.0. The van der Waals surface area contributed by atoms with E-state index in [0.717, 1.165) is 0 Å². The first-order valence-corrected chi connectivity index (χ1v) is 8.09. The van der Waals surface area contributed by atoms with E-state index in [9.17, 15) is 0 Å². The maximum absolute atomic E-state index is 6.29. The number of anilines is 1. The largest absolute Gasteiger partial charge is 0.493 e. The Hall–Kier alpha value is -3.43. The molecule has 0 atom stereocenters. The molecule has 9 nitrogen and oxygen atoms in total. The van der Waals surface area contributed by atoms with Gasteiger partial charge >= 0.3 is 0 Å². The van der Waals surface area contributed by atoms with Gasteiger partial charge in [0.25, 0.3) is 0 Å². The summed E-state index contributed by atoms with van der Waals surface area (Å²) in [6.45, 7) is 0. The molecule has 2 heterocycles. The first-order chi connectivity index (χ1) is 13.1. The smallest absolute Gasteiger partial charge is 0.206 e. The molecular formula is C17H16ClN7O2. The number of benzene rings is 1. The summed E-state index contributed by atoms with van der Waals surface area (Å²) in [4.78, 5) is 12.7. The van der Waals surface area contributed by atoms with Crippen molar-refractivity contribution in [2.75, 3.05) is 12.8 Å². The van der Waals surface area contributed by atoms with Gasteiger partial charge < -0.3 is 15.2 Å². The van der Waals surface area contributed by atoms with Crippen molar-refractivity contribution in [1.29, 1.82) is 0 Å². The highest BCUT2D eigenvalue weighted by Crippen LogP contribution is 2.37. The van der Waals surface area contributed by atoms with Crippen molar-refractivity contribution >= 4 is 23.6 Å². The van der Waals surface area contributed by atoms with Crippen LogP contribution in [0.1, 0.15) is 5.69 Å². The number of para-hydroxylation sites is 2. The van der Waals surface area contributed by atoms with Crippen LogP contribution in [0.5, 0.6) is 17.2 Å². The number of halogens is 1. The molecule has 0 spiro atoms. The van der Waals surface area contributed by atoms with Gasteiger partial charge in [-0.1, -0.05) is 23.7 Å². The Labute approximate surface area is 160 Å². The average molecular weight is 386 g/mol. The molecule has 3 aromatic rings. The first kappa shape index (κ1) is 18.4. The lowest BCUT2D eigenvalue weighted by atomic mass is 10.2. The second-order valence-corrected chi connectivity index (χ2v) is 5.52. The van der Waals surface area contributed by atoms with Gasteiger partial charge in [-0.05, 0) is 24.3 Å². The van der Waals surface area contributed by atoms with Crippen LogP contribution in [0.15, 0.2) is 47.7 Å². The number of nitrogens with zero attached hydrogens (tertiary/aromatic N) is 4. The number of aromatic nitrogens is 3. The predicted molar refractivity (Wildman–Crippen MR) is 103 cm³/mol. The van der Waals surface area contributed by atoms with Crippen LogP contribution < -0.4 is 26.6 Å². The highest BCUT2D eigenvalue weighted by atomic mass is 35.5. The monoisotopic (exact) mass is 385 g/mol. The number of nitrogens with one attached hydrogen (secondary N) is 1. The van der Waals surface area contributed by atoms with Gasteiger partial charge in [0, 0.05) is 11.8 Å². The maximum atomic E-state index is 6.29. The standard InChI is InChI=1S/C17H16ClN7O2/c1-26-12-4-2-3-5-13(12)27-14-15(18)23-17(24-16(14)19)10-6-7-21-11(8-10)9-22-25-20/h2-9,25H,20H2,1H3,(H2,19,23,24). The van der Waals surface area contributed by atoms with Crippen molar-refractivity contribution < 1.29 is 9.47 Å². The van der Waals surface area contributed by atoms with E-state index >= 15 is 0 Å². The van der Waals surface area contributed by atoms with Crippen LogP contribution >= 0.6 is 11.6 Å². The molecule has 0 aliphatic rings. The Morgan fingerprint density at radius 2 is 1.96 bits per heavy atom. The minimum atomic E-state index is 0.0686. The fourth-order valence-electron chi connectivity index (χ4n) is 2.24. The molecule has 1 aromatic carbocycles. The third kappa shape index (κ3) is 4.22. The molecule has 2 aromatic heterocycles. The van der Waals surface area contributed by atoms with E-state index in [2.05, 4.69) is 25.6 Å². The van der Waals surface area contributed by atoms with Crippen LogP contribution in [-0.2, 0) is 0 Å². The highest BCUT2D eigenvalue weighted by Gasteiger charge is 2.16. The fourth-order valence-corrected chi connectivity index (χ4v) is 2.45. The van der Waals surface area contributed by atoms with Crippen molar-refractivity contribution in [3.63, 3.8) is 0 Å². The van der Waals surface area contributed by atoms with Gasteiger partial charge in [0.1, 0.15) is 0 Å². The van der Waals surface area contributed by atoms with E-state index in [1.807, 2.05) is 6.07 Å². The number of methoxy groups -OCH3 is 1. The van der Waals surface area contributed by atoms with Crippen molar-refractivity contribution in [1.82, 2.24) is 20.5 Å². The lowest BCUT2D eigenvalue weighted by molar-refractivity contribution is 0.378. The molecule has 0 unspecified atom stereocenters. The van der Waals surface area contributed by atoms with E-state index < -0.39 is 0 Å². The van der Waals surface area contributed by atoms with E-state index in [-0.39, 0.29) is 16.7 Å². The highest BCUT2D eigenvalue weighted by molar-refractivity contribution is 6.31. The molecule has 27 heavy (non-hydrogen) atoms. The number of pyridine rings is 1. The Morgan fingerprint density at radius 3 is 2.67 bits per heavy atom. The zero-order chi connectivity index (χ0) is 19.2. The Morgan fingerprint density at radius 1 is 1.19 bits per heavy atom. The molecule has 0 aliphatic heterocycles. The number of nitrogens with two attached hydrogens (primary N) is 2. The summed E-state index contributed by atoms with van der Waals surface area (Å²) in [7, 11) is 1.54. The molecule has 0 radical (unpaired) electrons. The van der Waals surface area contributed by atoms with Gasteiger partial charge in [-0.15, -0.1) is 0 Å². The molecule has 0 aliphatic carbocycles. The summed E-state index contributed by atoms with van der Waals surface area (Å²) in [6.07, 6.45) is 3.04. The first-order valence-electron chi connectivity index (χ1n) is 7.71. The molecule has 0 fully saturated rings. The molecular weight excluding hydrogens is 370 g/mol. The third-order valence-corrected chi connectivity index (χ3v) is 3.70. The summed E-state index contributed by atoms with van der Waals surface area (Å²) in [5, 5.41) is 3.77. The van der Waals surface area contributed by atoms with E-state index in [1.54, 1.807) is 36.5 Å². The Balaban J connectivity index is 1.95. The van der Waals surface area contributed by atoms with Crippen LogP contribution in [0.2, 0.25) is 5.15 Å². The van der Waals surface area contributed by atoms with E-state index in [0.29, 0.717) is 28.6 Å². The molecule has 138 valence electrons. The maximum Gasteiger partial charge on any atom is 0.206 e. The molecule has 3 rings (SSSR count). The molecule has 0 bridgehead atoms. The van der Waals surface area contributed by atoms with Gasteiger partial charge in [0.15, 0.2) is 28.3 Å². The van der Waals surface area contributed by atoms with Crippen LogP contribution in [0.3, 0.4) is 0 Å². The van der Waals surface area contributed by atoms with Gasteiger partial charge in [0.2, 0.25) is 5.75 Å². The van der Waals surface area contributed by atoms with Gasteiger partial charge in [0.05, 0.1) is 19.0 Å². The van der Waals surface area contributed by atoms with E-state index in [1.165, 1.54) is 13.3 Å². The molecule has 0 amide bonds. The number of hydrogen-bond donors (Lipinski definition) is 3.